The third-order valence-electron chi connectivity index (χ3n) is 3.31. The van der Waals surface area contributed by atoms with E-state index in [1.54, 1.807) is 0 Å². The van der Waals surface area contributed by atoms with Gasteiger partial charge in [0.25, 0.3) is 0 Å². The molecule has 2 atom stereocenters. The van der Waals surface area contributed by atoms with Crippen molar-refractivity contribution in [1.82, 2.24) is 10.3 Å². The van der Waals surface area contributed by atoms with Crippen LogP contribution in [0.2, 0.25) is 0 Å². The summed E-state index contributed by atoms with van der Waals surface area (Å²) in [7, 11) is 0. The molecule has 0 bridgehead atoms. The first-order valence-corrected chi connectivity index (χ1v) is 6.48. The highest BCUT2D eigenvalue weighted by atomic mass is 16.5. The Hall–Kier alpha value is -0.620. The van der Waals surface area contributed by atoms with Crippen LogP contribution in [0, 0.1) is 0 Å². The van der Waals surface area contributed by atoms with E-state index >= 15 is 0 Å². The van der Waals surface area contributed by atoms with Crippen molar-refractivity contribution in [3.05, 3.63) is 11.8 Å². The summed E-state index contributed by atoms with van der Waals surface area (Å²) in [5.74, 6) is 6.57. The fraction of sp³-hybridized carbons (Fsp3) is 0.833. The molecule has 2 rings (SSSR count). The van der Waals surface area contributed by atoms with Gasteiger partial charge < -0.3 is 9.47 Å². The second-order valence-electron chi connectivity index (χ2n) is 4.60. The normalized spacial score (nSPS) is 27.6. The molecule has 0 aromatic rings. The maximum atomic E-state index is 5.81. The zero-order valence-corrected chi connectivity index (χ0v) is 10.5. The minimum Gasteiger partial charge on any atom is -0.496 e. The van der Waals surface area contributed by atoms with Gasteiger partial charge in [0.05, 0.1) is 19.3 Å². The van der Waals surface area contributed by atoms with E-state index in [0.717, 1.165) is 45.0 Å². The van der Waals surface area contributed by atoms with Crippen LogP contribution in [0.1, 0.15) is 19.8 Å². The van der Waals surface area contributed by atoms with Crippen molar-refractivity contribution in [2.45, 2.75) is 31.9 Å². The van der Waals surface area contributed by atoms with Gasteiger partial charge in [0.1, 0.15) is 11.8 Å². The van der Waals surface area contributed by atoms with Crippen molar-refractivity contribution in [1.29, 1.82) is 0 Å². The van der Waals surface area contributed by atoms with Gasteiger partial charge in [-0.1, -0.05) is 6.92 Å². The van der Waals surface area contributed by atoms with E-state index < -0.39 is 0 Å². The van der Waals surface area contributed by atoms with Crippen molar-refractivity contribution < 1.29 is 9.47 Å². The summed E-state index contributed by atoms with van der Waals surface area (Å²) < 4.78 is 11.4. The average molecular weight is 241 g/mol. The summed E-state index contributed by atoms with van der Waals surface area (Å²) in [6, 6.07) is -0.0165. The van der Waals surface area contributed by atoms with E-state index in [-0.39, 0.29) is 12.1 Å². The summed E-state index contributed by atoms with van der Waals surface area (Å²) in [6.07, 6.45) is 4.34. The first-order chi connectivity index (χ1) is 8.35. The molecular weight excluding hydrogens is 218 g/mol. The number of hydrogen-bond donors (Lipinski definition) is 2. The largest absolute Gasteiger partial charge is 0.496 e. The molecule has 0 aromatic carbocycles. The molecule has 3 N–H and O–H groups in total. The Labute approximate surface area is 103 Å². The standard InChI is InChI=1S/C12H23N3O2/c1-2-5-15-6-8-17-11(9-15)12(14-13)10-4-3-7-16-10/h4,11-12,14H,2-3,5-9,13H2,1H3. The van der Waals surface area contributed by atoms with Crippen LogP contribution in [0.5, 0.6) is 0 Å². The zero-order valence-electron chi connectivity index (χ0n) is 10.5. The molecular formula is C12H23N3O2. The van der Waals surface area contributed by atoms with Crippen LogP contribution in [0.15, 0.2) is 11.8 Å². The third kappa shape index (κ3) is 3.19. The van der Waals surface area contributed by atoms with E-state index in [1.165, 1.54) is 6.42 Å². The molecule has 0 amide bonds. The van der Waals surface area contributed by atoms with E-state index in [4.69, 9.17) is 15.3 Å². The Morgan fingerprint density at radius 3 is 3.12 bits per heavy atom. The topological polar surface area (TPSA) is 59.8 Å². The highest BCUT2D eigenvalue weighted by Crippen LogP contribution is 2.19. The van der Waals surface area contributed by atoms with E-state index in [2.05, 4.69) is 23.3 Å². The summed E-state index contributed by atoms with van der Waals surface area (Å²) >= 11 is 0. The SMILES string of the molecule is CCCN1CCOC(C(NN)C2=CCCO2)C1. The average Bonchev–Trinajstić information content (AvgIpc) is 2.85. The van der Waals surface area contributed by atoms with Gasteiger partial charge in [-0.3, -0.25) is 10.7 Å². The molecule has 2 aliphatic heterocycles. The van der Waals surface area contributed by atoms with Gasteiger partial charge in [-0.15, -0.1) is 0 Å². The van der Waals surface area contributed by atoms with Crippen molar-refractivity contribution >= 4 is 0 Å². The second-order valence-corrected chi connectivity index (χ2v) is 4.60. The molecule has 1 saturated heterocycles. The van der Waals surface area contributed by atoms with Gasteiger partial charge in [0.2, 0.25) is 0 Å². The molecule has 17 heavy (non-hydrogen) atoms. The Bertz CT molecular complexity index is 268. The maximum absolute atomic E-state index is 5.81. The smallest absolute Gasteiger partial charge is 0.113 e. The van der Waals surface area contributed by atoms with Crippen molar-refractivity contribution in [2.24, 2.45) is 5.84 Å². The molecule has 1 fully saturated rings. The first kappa shape index (κ1) is 12.8. The van der Waals surface area contributed by atoms with Gasteiger partial charge in [0, 0.05) is 19.5 Å². The number of morpholine rings is 1. The second kappa shape index (κ2) is 6.35. The molecule has 5 nitrogen and oxygen atoms in total. The van der Waals surface area contributed by atoms with Crippen molar-refractivity contribution in [2.75, 3.05) is 32.8 Å². The Balaban J connectivity index is 1.94. The molecule has 0 saturated carbocycles. The Morgan fingerprint density at radius 1 is 1.59 bits per heavy atom. The van der Waals surface area contributed by atoms with Gasteiger partial charge >= 0.3 is 0 Å². The van der Waals surface area contributed by atoms with E-state index in [1.807, 2.05) is 0 Å². The number of ether oxygens (including phenoxy) is 2. The van der Waals surface area contributed by atoms with Crippen LogP contribution in [0.25, 0.3) is 0 Å². The molecule has 98 valence electrons. The van der Waals surface area contributed by atoms with Crippen LogP contribution < -0.4 is 11.3 Å². The van der Waals surface area contributed by atoms with Crippen LogP contribution in [-0.4, -0.2) is 49.9 Å². The molecule has 0 aliphatic carbocycles. The highest BCUT2D eigenvalue weighted by Gasteiger charge is 2.31. The number of nitrogens with two attached hydrogens (primary N) is 1. The Kier molecular flexibility index (Phi) is 4.79. The minimum absolute atomic E-state index is 0.0165. The molecule has 2 aliphatic rings. The highest BCUT2D eigenvalue weighted by molar-refractivity contribution is 5.10. The lowest BCUT2D eigenvalue weighted by Gasteiger charge is -2.36. The number of hydrogen-bond acceptors (Lipinski definition) is 5. The predicted octanol–water partition coefficient (Wildman–Crippen LogP) is 0.233. The lowest BCUT2D eigenvalue weighted by atomic mass is 10.1. The predicted molar refractivity (Wildman–Crippen MR) is 66.2 cm³/mol. The van der Waals surface area contributed by atoms with E-state index in [9.17, 15) is 0 Å². The molecule has 5 heteroatoms. The van der Waals surface area contributed by atoms with Gasteiger partial charge in [0.15, 0.2) is 0 Å². The number of nitrogens with zero attached hydrogens (tertiary/aromatic N) is 1. The quantitative estimate of drug-likeness (QED) is 0.533. The molecule has 2 unspecified atom stereocenters. The van der Waals surface area contributed by atoms with Gasteiger partial charge in [-0.25, -0.2) is 5.43 Å². The maximum Gasteiger partial charge on any atom is 0.113 e. The first-order valence-electron chi connectivity index (χ1n) is 6.48. The lowest BCUT2D eigenvalue weighted by molar-refractivity contribution is -0.0475. The number of nitrogens with one attached hydrogen (secondary N) is 1. The van der Waals surface area contributed by atoms with Crippen molar-refractivity contribution in [3.8, 4) is 0 Å². The summed E-state index contributed by atoms with van der Waals surface area (Å²) in [5, 5.41) is 0. The fourth-order valence-electron chi connectivity index (χ4n) is 2.48. The van der Waals surface area contributed by atoms with Gasteiger partial charge in [-0.05, 0) is 19.0 Å². The summed E-state index contributed by atoms with van der Waals surface area (Å²) in [4.78, 5) is 2.42. The molecule has 0 radical (unpaired) electrons. The van der Waals surface area contributed by atoms with Crippen molar-refractivity contribution in [3.63, 3.8) is 0 Å². The Morgan fingerprint density at radius 2 is 2.47 bits per heavy atom. The monoisotopic (exact) mass is 241 g/mol. The number of rotatable bonds is 5. The fourth-order valence-corrected chi connectivity index (χ4v) is 2.48. The molecule has 0 spiro atoms. The molecule has 0 aromatic heterocycles. The van der Waals surface area contributed by atoms with E-state index in [0.29, 0.717) is 0 Å². The number of hydrazine groups is 1. The zero-order chi connectivity index (χ0) is 12.1. The van der Waals surface area contributed by atoms with Crippen LogP contribution in [0.4, 0.5) is 0 Å². The van der Waals surface area contributed by atoms with Crippen LogP contribution >= 0.6 is 0 Å². The summed E-state index contributed by atoms with van der Waals surface area (Å²) in [6.45, 7) is 6.79. The van der Waals surface area contributed by atoms with Crippen LogP contribution in [0.3, 0.4) is 0 Å². The van der Waals surface area contributed by atoms with Gasteiger partial charge in [-0.2, -0.15) is 0 Å². The minimum atomic E-state index is -0.0165. The van der Waals surface area contributed by atoms with Crippen LogP contribution in [-0.2, 0) is 9.47 Å². The summed E-state index contributed by atoms with van der Waals surface area (Å²) in [5.41, 5.74) is 2.83. The third-order valence-corrected chi connectivity index (χ3v) is 3.31. The molecule has 2 heterocycles. The lowest BCUT2D eigenvalue weighted by Crippen LogP contribution is -2.54.